The average Bonchev–Trinajstić information content (AvgIpc) is 3.45. The van der Waals surface area contributed by atoms with Crippen molar-refractivity contribution < 1.29 is 18.3 Å². The first-order valence-corrected chi connectivity index (χ1v) is 16.1. The van der Waals surface area contributed by atoms with Crippen LogP contribution in [0.1, 0.15) is 18.5 Å². The molecular weight excluding hydrogens is 492 g/mol. The number of halogens is 2. The maximum Gasteiger partial charge on any atom is 0.232 e. The topological polar surface area (TPSA) is 65.2 Å². The van der Waals surface area contributed by atoms with E-state index in [2.05, 4.69) is 29.7 Å². The Morgan fingerprint density at radius 3 is 2.46 bits per heavy atom. The Morgan fingerprint density at radius 2 is 1.81 bits per heavy atom. The second-order valence-electron chi connectivity index (χ2n) is 10.9. The molecule has 1 fully saturated rings. The van der Waals surface area contributed by atoms with E-state index in [9.17, 15) is 4.79 Å². The minimum absolute atomic E-state index is 0.110. The molecule has 0 bridgehead atoms. The number of carbonyl (C=O) groups is 1. The smallest absolute Gasteiger partial charge is 0.232 e. The van der Waals surface area contributed by atoms with Crippen molar-refractivity contribution in [3.05, 3.63) is 66.3 Å². The molecule has 1 aliphatic heterocycles. The van der Waals surface area contributed by atoms with Gasteiger partial charge in [0.05, 0.1) is 35.5 Å². The monoisotopic (exact) mass is 523 g/mol. The summed E-state index contributed by atoms with van der Waals surface area (Å²) in [4.78, 5) is 18.8. The molecule has 0 unspecified atom stereocenters. The van der Waals surface area contributed by atoms with Gasteiger partial charge in [-0.25, -0.2) is 13.8 Å². The summed E-state index contributed by atoms with van der Waals surface area (Å²) in [5.41, 5.74) is 3.02. The van der Waals surface area contributed by atoms with E-state index < -0.39 is 31.7 Å². The summed E-state index contributed by atoms with van der Waals surface area (Å²) in [5.74, 6) is -2.11. The second kappa shape index (κ2) is 9.49. The molecule has 0 radical (unpaired) electrons. The average molecular weight is 524 g/mol. The fourth-order valence-electron chi connectivity index (χ4n) is 4.75. The number of benzene rings is 2. The van der Waals surface area contributed by atoms with E-state index in [0.717, 1.165) is 11.6 Å². The minimum Gasteiger partial charge on any atom is -0.361 e. The number of fused-ring (bicyclic) bond motifs is 1. The highest BCUT2D eigenvalue weighted by Crippen LogP contribution is 2.46. The third kappa shape index (κ3) is 4.83. The van der Waals surface area contributed by atoms with Gasteiger partial charge in [0.25, 0.3) is 0 Å². The maximum atomic E-state index is 15.3. The number of nitrogens with zero attached hydrogens (tertiary/aromatic N) is 5. The molecule has 37 heavy (non-hydrogen) atoms. The van der Waals surface area contributed by atoms with Crippen molar-refractivity contribution in [2.45, 2.75) is 45.4 Å². The van der Waals surface area contributed by atoms with Gasteiger partial charge in [-0.05, 0) is 41.9 Å². The first kappa shape index (κ1) is 25.3. The first-order chi connectivity index (χ1) is 17.5. The van der Waals surface area contributed by atoms with Gasteiger partial charge in [0, 0.05) is 44.7 Å². The Morgan fingerprint density at radius 1 is 1.08 bits per heavy atom. The van der Waals surface area contributed by atoms with Gasteiger partial charge >= 0.3 is 0 Å². The summed E-state index contributed by atoms with van der Waals surface area (Å²) in [7, 11) is 0.572. The molecule has 2 atom stereocenters. The van der Waals surface area contributed by atoms with Crippen LogP contribution >= 0.6 is 0 Å². The Bertz CT molecular complexity index is 1450. The number of imidazole rings is 1. The number of amides is 1. The van der Waals surface area contributed by atoms with Crippen LogP contribution in [0, 0.1) is 17.6 Å². The van der Waals surface area contributed by atoms with Gasteiger partial charge in [-0.15, -0.1) is 0 Å². The number of aromatic nitrogens is 4. The number of aryl methyl sites for hydroxylation is 1. The second-order valence-corrected chi connectivity index (χ2v) is 16.6. The molecule has 194 valence electrons. The van der Waals surface area contributed by atoms with Gasteiger partial charge in [0.2, 0.25) is 5.91 Å². The normalized spacial score (nSPS) is 18.0. The molecule has 1 saturated heterocycles. The van der Waals surface area contributed by atoms with E-state index in [0.29, 0.717) is 35.7 Å². The fourth-order valence-corrected chi connectivity index (χ4v) is 5.51. The van der Waals surface area contributed by atoms with Crippen molar-refractivity contribution >= 4 is 30.7 Å². The van der Waals surface area contributed by atoms with Crippen molar-refractivity contribution in [1.29, 1.82) is 0 Å². The number of hydrogen-bond donors (Lipinski definition) is 0. The summed E-state index contributed by atoms with van der Waals surface area (Å²) in [6, 6.07) is 8.37. The van der Waals surface area contributed by atoms with Crippen molar-refractivity contribution in [3.63, 3.8) is 0 Å². The molecule has 4 aromatic rings. The van der Waals surface area contributed by atoms with Crippen molar-refractivity contribution in [2.75, 3.05) is 11.5 Å². The van der Waals surface area contributed by atoms with Crippen LogP contribution in [0.25, 0.3) is 22.2 Å². The quantitative estimate of drug-likeness (QED) is 0.168. The zero-order valence-electron chi connectivity index (χ0n) is 21.7. The Kier molecular flexibility index (Phi) is 6.49. The van der Waals surface area contributed by atoms with E-state index in [-0.39, 0.29) is 11.5 Å². The molecule has 1 amide bonds. The number of ether oxygens (including phenoxy) is 1. The largest absolute Gasteiger partial charge is 0.361 e. The van der Waals surface area contributed by atoms with Crippen molar-refractivity contribution in [2.24, 2.45) is 13.0 Å². The molecule has 0 spiro atoms. The molecular formula is C27H31F2N5O2Si. The van der Waals surface area contributed by atoms with Crippen molar-refractivity contribution in [1.82, 2.24) is 19.3 Å². The highest BCUT2D eigenvalue weighted by molar-refractivity contribution is 6.76. The lowest BCUT2D eigenvalue weighted by atomic mass is 9.82. The van der Waals surface area contributed by atoms with E-state index in [4.69, 9.17) is 4.74 Å². The predicted octanol–water partition coefficient (Wildman–Crippen LogP) is 5.75. The molecule has 0 saturated carbocycles. The minimum atomic E-state index is -1.17. The standard InChI is InChI=1S/C27H31F2N5O2Si/c1-17-26(25-21(28)10-18(11-22(25)29)19-13-31-32(2)14-19)34(27(17)35)20-6-7-24-23(12-20)30-15-33(24)16-36-8-9-37(3,4)5/h6-7,10-15,17,26H,8-9,16H2,1-5H3/t17-,26-/m1/s1. The van der Waals surface area contributed by atoms with Crippen LogP contribution in [-0.2, 0) is 23.3 Å². The SMILES string of the molecule is C[C@H]1C(=O)N(c2ccc3c(c2)ncn3COCC[Si](C)(C)C)[C@H]1c1c(F)cc(-c2cnn(C)c2)cc1F. The van der Waals surface area contributed by atoms with Crippen LogP contribution < -0.4 is 4.90 Å². The van der Waals surface area contributed by atoms with E-state index in [1.54, 1.807) is 49.5 Å². The van der Waals surface area contributed by atoms with Gasteiger partial charge in [-0.2, -0.15) is 5.10 Å². The first-order valence-electron chi connectivity index (χ1n) is 12.4. The number of anilines is 1. The summed E-state index contributed by atoms with van der Waals surface area (Å²) in [6.07, 6.45) is 4.96. The lowest BCUT2D eigenvalue weighted by Crippen LogP contribution is -2.54. The lowest BCUT2D eigenvalue weighted by molar-refractivity contribution is -0.129. The maximum absolute atomic E-state index is 15.3. The van der Waals surface area contributed by atoms with Gasteiger partial charge < -0.3 is 14.2 Å². The summed E-state index contributed by atoms with van der Waals surface area (Å²) in [6.45, 7) is 9.71. The fraction of sp³-hybridized carbons (Fsp3) is 0.370. The third-order valence-electron chi connectivity index (χ3n) is 6.90. The zero-order valence-corrected chi connectivity index (χ0v) is 22.7. The van der Waals surface area contributed by atoms with Crippen LogP contribution in [-0.4, -0.2) is 39.9 Å². The molecule has 2 aromatic heterocycles. The molecule has 5 rings (SSSR count). The van der Waals surface area contributed by atoms with Gasteiger partial charge in [0.15, 0.2) is 0 Å². The third-order valence-corrected chi connectivity index (χ3v) is 8.61. The molecule has 0 N–H and O–H groups in total. The van der Waals surface area contributed by atoms with Crippen LogP contribution in [0.15, 0.2) is 49.1 Å². The number of hydrogen-bond acceptors (Lipinski definition) is 4. The number of β-lactam (4-membered cyclic amide) rings is 1. The van der Waals surface area contributed by atoms with Gasteiger partial charge in [-0.3, -0.25) is 9.48 Å². The van der Waals surface area contributed by atoms with Gasteiger partial charge in [0.1, 0.15) is 18.4 Å². The molecule has 0 aliphatic carbocycles. The molecule has 10 heteroatoms. The highest BCUT2D eigenvalue weighted by atomic mass is 28.3. The molecule has 7 nitrogen and oxygen atoms in total. The van der Waals surface area contributed by atoms with Crippen molar-refractivity contribution in [3.8, 4) is 11.1 Å². The predicted molar refractivity (Wildman–Crippen MR) is 142 cm³/mol. The Hall–Kier alpha value is -3.37. The van der Waals surface area contributed by atoms with Crippen LogP contribution in [0.4, 0.5) is 14.5 Å². The molecule has 1 aliphatic rings. The number of carbonyl (C=O) groups excluding carboxylic acids is 1. The molecule has 2 aromatic carbocycles. The summed E-state index contributed by atoms with van der Waals surface area (Å²) >= 11 is 0. The summed E-state index contributed by atoms with van der Waals surface area (Å²) in [5, 5.41) is 4.07. The van der Waals surface area contributed by atoms with E-state index >= 15 is 8.78 Å². The van der Waals surface area contributed by atoms with Crippen LogP contribution in [0.2, 0.25) is 25.7 Å². The molecule has 3 heterocycles. The van der Waals surface area contributed by atoms with Gasteiger partial charge in [-0.1, -0.05) is 26.6 Å². The zero-order chi connectivity index (χ0) is 26.5. The summed E-state index contributed by atoms with van der Waals surface area (Å²) < 4.78 is 40.0. The lowest BCUT2D eigenvalue weighted by Gasteiger charge is -2.46. The Labute approximate surface area is 215 Å². The Balaban J connectivity index is 1.40. The van der Waals surface area contributed by atoms with E-state index in [1.807, 2.05) is 10.6 Å². The highest BCUT2D eigenvalue weighted by Gasteiger charge is 2.48. The number of rotatable bonds is 8. The van der Waals surface area contributed by atoms with E-state index in [1.165, 1.54) is 17.0 Å². The van der Waals surface area contributed by atoms with Crippen LogP contribution in [0.3, 0.4) is 0 Å². The van der Waals surface area contributed by atoms with Crippen LogP contribution in [0.5, 0.6) is 0 Å².